The second-order valence-corrected chi connectivity index (χ2v) is 4.97. The lowest BCUT2D eigenvalue weighted by molar-refractivity contribution is -0.117. The second-order valence-electron chi connectivity index (χ2n) is 4.15. The molecule has 17 heavy (non-hydrogen) atoms. The van der Waals surface area contributed by atoms with Crippen molar-refractivity contribution in [3.63, 3.8) is 0 Å². The zero-order valence-electron chi connectivity index (χ0n) is 10.1. The van der Waals surface area contributed by atoms with Gasteiger partial charge in [-0.3, -0.25) is 9.69 Å². The molecule has 0 heterocycles. The van der Waals surface area contributed by atoms with Crippen LogP contribution in [0.3, 0.4) is 0 Å². The van der Waals surface area contributed by atoms with E-state index >= 15 is 0 Å². The van der Waals surface area contributed by atoms with E-state index in [1.54, 1.807) is 18.2 Å². The van der Waals surface area contributed by atoms with E-state index in [-0.39, 0.29) is 5.91 Å². The molecule has 0 spiro atoms. The molecule has 1 aromatic rings. The Morgan fingerprint density at radius 2 is 1.88 bits per heavy atom. The fraction of sp³-hybridized carbons (Fsp3) is 0.417. The van der Waals surface area contributed by atoms with E-state index in [0.717, 1.165) is 0 Å². The van der Waals surface area contributed by atoms with Crippen LogP contribution in [0, 0.1) is 0 Å². The Balaban J connectivity index is 2.69. The molecule has 0 aromatic heterocycles. The van der Waals surface area contributed by atoms with Crippen molar-refractivity contribution < 1.29 is 4.79 Å². The van der Waals surface area contributed by atoms with Gasteiger partial charge in [0.2, 0.25) is 5.91 Å². The monoisotopic (exact) mass is 274 g/mol. The molecule has 0 saturated heterocycles. The summed E-state index contributed by atoms with van der Waals surface area (Å²) in [5, 5.41) is 3.61. The van der Waals surface area contributed by atoms with Crippen molar-refractivity contribution in [2.75, 3.05) is 18.9 Å². The van der Waals surface area contributed by atoms with Crippen LogP contribution in [0.1, 0.15) is 13.8 Å². The minimum absolute atomic E-state index is 0.129. The third kappa shape index (κ3) is 4.19. The normalized spacial score (nSPS) is 11.0. The van der Waals surface area contributed by atoms with Gasteiger partial charge in [-0.05, 0) is 33.0 Å². The first kappa shape index (κ1) is 14.3. The maximum Gasteiger partial charge on any atom is 0.238 e. The molecule has 0 unspecified atom stereocenters. The number of rotatable bonds is 4. The molecule has 0 aliphatic heterocycles. The minimum Gasteiger partial charge on any atom is -0.322 e. The molecule has 3 nitrogen and oxygen atoms in total. The predicted molar refractivity (Wildman–Crippen MR) is 72.9 cm³/mol. The zero-order chi connectivity index (χ0) is 13.0. The van der Waals surface area contributed by atoms with Gasteiger partial charge in [-0.15, -0.1) is 0 Å². The van der Waals surface area contributed by atoms with Gasteiger partial charge in [0, 0.05) is 6.04 Å². The summed E-state index contributed by atoms with van der Waals surface area (Å²) in [7, 11) is 1.89. The van der Waals surface area contributed by atoms with Gasteiger partial charge in [0.05, 0.1) is 22.3 Å². The number of likely N-dealkylation sites (N-methyl/N-ethyl adjacent to an activating group) is 1. The quantitative estimate of drug-likeness (QED) is 0.914. The number of hydrogen-bond acceptors (Lipinski definition) is 2. The van der Waals surface area contributed by atoms with Crippen LogP contribution in [0.5, 0.6) is 0 Å². The number of benzene rings is 1. The van der Waals surface area contributed by atoms with Crippen molar-refractivity contribution >= 4 is 34.8 Å². The molecule has 0 bridgehead atoms. The molecular formula is C12H16Cl2N2O. The van der Waals surface area contributed by atoms with Crippen LogP contribution in [0.25, 0.3) is 0 Å². The molecule has 1 N–H and O–H groups in total. The molecule has 94 valence electrons. The summed E-state index contributed by atoms with van der Waals surface area (Å²) in [6.45, 7) is 4.35. The fourth-order valence-electron chi connectivity index (χ4n) is 1.21. The van der Waals surface area contributed by atoms with Crippen molar-refractivity contribution in [3.8, 4) is 0 Å². The summed E-state index contributed by atoms with van der Waals surface area (Å²) >= 11 is 11.9. The second kappa shape index (κ2) is 6.24. The number of hydrogen-bond donors (Lipinski definition) is 1. The molecular weight excluding hydrogens is 259 g/mol. The van der Waals surface area contributed by atoms with Crippen molar-refractivity contribution in [2.24, 2.45) is 0 Å². The maximum atomic E-state index is 11.8. The van der Waals surface area contributed by atoms with Crippen LogP contribution >= 0.6 is 23.2 Å². The predicted octanol–water partition coefficient (Wildman–Crippen LogP) is 3.27. The minimum atomic E-state index is -0.129. The molecule has 0 aliphatic rings. The number of halogens is 2. The number of nitrogens with zero attached hydrogens (tertiary/aromatic N) is 1. The fourth-order valence-corrected chi connectivity index (χ4v) is 1.70. The van der Waals surface area contributed by atoms with Crippen molar-refractivity contribution in [1.82, 2.24) is 4.90 Å². The number of carbonyl (C=O) groups is 1. The Kier molecular flexibility index (Phi) is 5.25. The Bertz CT molecular complexity index is 387. The van der Waals surface area contributed by atoms with E-state index < -0.39 is 0 Å². The largest absolute Gasteiger partial charge is 0.322 e. The van der Waals surface area contributed by atoms with Crippen LogP contribution in [-0.2, 0) is 4.79 Å². The molecule has 1 amide bonds. The molecule has 0 radical (unpaired) electrons. The average molecular weight is 275 g/mol. The van der Waals surface area contributed by atoms with Gasteiger partial charge >= 0.3 is 0 Å². The average Bonchev–Trinajstić information content (AvgIpc) is 2.23. The summed E-state index contributed by atoms with van der Waals surface area (Å²) in [6.07, 6.45) is 0. The molecule has 1 aromatic carbocycles. The zero-order valence-corrected chi connectivity index (χ0v) is 11.6. The Morgan fingerprint density at radius 3 is 2.35 bits per heavy atom. The van der Waals surface area contributed by atoms with Gasteiger partial charge in [-0.1, -0.05) is 29.3 Å². The van der Waals surface area contributed by atoms with Gasteiger partial charge in [-0.25, -0.2) is 0 Å². The number of anilines is 1. The van der Waals surface area contributed by atoms with Crippen LogP contribution in [0.2, 0.25) is 10.0 Å². The first-order valence-electron chi connectivity index (χ1n) is 5.36. The molecule has 0 saturated carbocycles. The maximum absolute atomic E-state index is 11.8. The highest BCUT2D eigenvalue weighted by molar-refractivity contribution is 6.39. The van der Waals surface area contributed by atoms with E-state index in [9.17, 15) is 4.79 Å². The Labute approximate surface area is 112 Å². The van der Waals surface area contributed by atoms with Crippen LogP contribution < -0.4 is 5.32 Å². The van der Waals surface area contributed by atoms with Crippen LogP contribution in [-0.4, -0.2) is 30.4 Å². The van der Waals surface area contributed by atoms with E-state index in [2.05, 4.69) is 5.32 Å². The highest BCUT2D eigenvalue weighted by Gasteiger charge is 2.12. The molecule has 0 atom stereocenters. The van der Waals surface area contributed by atoms with Gasteiger partial charge in [0.15, 0.2) is 0 Å². The Morgan fingerprint density at radius 1 is 1.35 bits per heavy atom. The summed E-state index contributed by atoms with van der Waals surface area (Å²) in [5.74, 6) is -0.129. The molecule has 0 aliphatic carbocycles. The Hall–Kier alpha value is -0.770. The van der Waals surface area contributed by atoms with Gasteiger partial charge in [0.25, 0.3) is 0 Å². The lowest BCUT2D eigenvalue weighted by Gasteiger charge is -2.20. The summed E-state index contributed by atoms with van der Waals surface area (Å²) in [4.78, 5) is 13.7. The lowest BCUT2D eigenvalue weighted by atomic mass is 10.3. The van der Waals surface area contributed by atoms with Gasteiger partial charge in [0.1, 0.15) is 0 Å². The lowest BCUT2D eigenvalue weighted by Crippen LogP contribution is -2.34. The third-order valence-electron chi connectivity index (χ3n) is 2.50. The van der Waals surface area contributed by atoms with E-state index in [0.29, 0.717) is 28.3 Å². The first-order chi connectivity index (χ1) is 7.91. The summed E-state index contributed by atoms with van der Waals surface area (Å²) in [6, 6.07) is 5.42. The molecule has 1 rings (SSSR count). The van der Waals surface area contributed by atoms with E-state index in [1.165, 1.54) is 0 Å². The highest BCUT2D eigenvalue weighted by atomic mass is 35.5. The SMILES string of the molecule is CC(C)N(C)CC(=O)Nc1c(Cl)cccc1Cl. The number of para-hydroxylation sites is 1. The summed E-state index contributed by atoms with van der Waals surface area (Å²) in [5.41, 5.74) is 0.470. The molecule has 0 fully saturated rings. The van der Waals surface area contributed by atoms with Crippen molar-refractivity contribution in [2.45, 2.75) is 19.9 Å². The van der Waals surface area contributed by atoms with Crippen LogP contribution in [0.15, 0.2) is 18.2 Å². The van der Waals surface area contributed by atoms with Crippen LogP contribution in [0.4, 0.5) is 5.69 Å². The summed E-state index contributed by atoms with van der Waals surface area (Å²) < 4.78 is 0. The first-order valence-corrected chi connectivity index (χ1v) is 6.11. The number of carbonyl (C=O) groups excluding carboxylic acids is 1. The molecule has 5 heteroatoms. The van der Waals surface area contributed by atoms with Crippen molar-refractivity contribution in [3.05, 3.63) is 28.2 Å². The van der Waals surface area contributed by atoms with E-state index in [1.807, 2.05) is 25.8 Å². The van der Waals surface area contributed by atoms with Gasteiger partial charge < -0.3 is 5.32 Å². The smallest absolute Gasteiger partial charge is 0.238 e. The van der Waals surface area contributed by atoms with E-state index in [4.69, 9.17) is 23.2 Å². The standard InChI is InChI=1S/C12H16Cl2N2O/c1-8(2)16(3)7-11(17)15-12-9(13)5-4-6-10(12)14/h4-6,8H,7H2,1-3H3,(H,15,17). The number of nitrogens with one attached hydrogen (secondary N) is 1. The van der Waals surface area contributed by atoms with Crippen molar-refractivity contribution in [1.29, 1.82) is 0 Å². The van der Waals surface area contributed by atoms with Gasteiger partial charge in [-0.2, -0.15) is 0 Å². The highest BCUT2D eigenvalue weighted by Crippen LogP contribution is 2.29. The third-order valence-corrected chi connectivity index (χ3v) is 3.13. The topological polar surface area (TPSA) is 32.3 Å². The number of amides is 1.